The second-order valence-corrected chi connectivity index (χ2v) is 6.01. The highest BCUT2D eigenvalue weighted by Gasteiger charge is 2.11. The molecule has 3 aromatic rings. The van der Waals surface area contributed by atoms with Crippen molar-refractivity contribution in [1.82, 2.24) is 15.5 Å². The number of benzene rings is 1. The first-order valence-corrected chi connectivity index (χ1v) is 8.48. The standard InChI is InChI=1S/C20H21N3O4/c1-13-18(14(2)27-23-13)12-26-17-6-4-5-16(9-17)20(24)22-11-15-7-8-19(25-3)21-10-15/h4-10H,11-12H2,1-3H3,(H,22,24). The molecule has 0 aliphatic rings. The van der Waals surface area contributed by atoms with E-state index in [2.05, 4.69) is 15.5 Å². The van der Waals surface area contributed by atoms with Crippen molar-refractivity contribution in [3.05, 3.63) is 70.7 Å². The molecule has 0 aliphatic carbocycles. The zero-order chi connectivity index (χ0) is 19.2. The maximum atomic E-state index is 12.4. The number of hydrogen-bond donors (Lipinski definition) is 1. The third kappa shape index (κ3) is 4.63. The van der Waals surface area contributed by atoms with Gasteiger partial charge in [-0.2, -0.15) is 0 Å². The summed E-state index contributed by atoms with van der Waals surface area (Å²) < 4.78 is 15.9. The Morgan fingerprint density at radius 3 is 2.74 bits per heavy atom. The van der Waals surface area contributed by atoms with E-state index in [1.165, 1.54) is 0 Å². The first kappa shape index (κ1) is 18.4. The monoisotopic (exact) mass is 367 g/mol. The van der Waals surface area contributed by atoms with Crippen molar-refractivity contribution in [3.63, 3.8) is 0 Å². The number of nitrogens with zero attached hydrogens (tertiary/aromatic N) is 2. The summed E-state index contributed by atoms with van der Waals surface area (Å²) >= 11 is 0. The lowest BCUT2D eigenvalue weighted by molar-refractivity contribution is 0.0950. The molecule has 0 fully saturated rings. The lowest BCUT2D eigenvalue weighted by Crippen LogP contribution is -2.22. The summed E-state index contributed by atoms with van der Waals surface area (Å²) in [5.74, 6) is 1.69. The summed E-state index contributed by atoms with van der Waals surface area (Å²) in [7, 11) is 1.56. The van der Waals surface area contributed by atoms with Crippen molar-refractivity contribution < 1.29 is 18.8 Å². The van der Waals surface area contributed by atoms with Crippen LogP contribution in [0.1, 0.15) is 32.9 Å². The van der Waals surface area contributed by atoms with Gasteiger partial charge in [0.2, 0.25) is 5.88 Å². The van der Waals surface area contributed by atoms with Crippen LogP contribution in [0, 0.1) is 13.8 Å². The third-order valence-corrected chi connectivity index (χ3v) is 4.12. The Hall–Kier alpha value is -3.35. The lowest BCUT2D eigenvalue weighted by Gasteiger charge is -2.09. The van der Waals surface area contributed by atoms with Crippen LogP contribution in [0.4, 0.5) is 0 Å². The van der Waals surface area contributed by atoms with Gasteiger partial charge in [-0.15, -0.1) is 0 Å². The van der Waals surface area contributed by atoms with Crippen LogP contribution in [0.2, 0.25) is 0 Å². The summed E-state index contributed by atoms with van der Waals surface area (Å²) in [6.45, 7) is 4.42. The minimum Gasteiger partial charge on any atom is -0.489 e. The lowest BCUT2D eigenvalue weighted by atomic mass is 10.2. The second-order valence-electron chi connectivity index (χ2n) is 6.01. The molecular weight excluding hydrogens is 346 g/mol. The molecule has 0 saturated heterocycles. The van der Waals surface area contributed by atoms with Crippen molar-refractivity contribution in [2.24, 2.45) is 0 Å². The highest BCUT2D eigenvalue weighted by Crippen LogP contribution is 2.18. The number of nitrogens with one attached hydrogen (secondary N) is 1. The van der Waals surface area contributed by atoms with Gasteiger partial charge in [-0.3, -0.25) is 4.79 Å². The molecule has 2 heterocycles. The van der Waals surface area contributed by atoms with E-state index in [1.807, 2.05) is 26.0 Å². The van der Waals surface area contributed by atoms with Crippen LogP contribution >= 0.6 is 0 Å². The summed E-state index contributed by atoms with van der Waals surface area (Å²) in [5.41, 5.74) is 3.12. The van der Waals surface area contributed by atoms with Crippen molar-refractivity contribution in [2.75, 3.05) is 7.11 Å². The quantitative estimate of drug-likeness (QED) is 0.690. The van der Waals surface area contributed by atoms with Crippen molar-refractivity contribution in [3.8, 4) is 11.6 Å². The predicted octanol–water partition coefficient (Wildman–Crippen LogP) is 3.20. The van der Waals surface area contributed by atoms with E-state index in [9.17, 15) is 4.79 Å². The molecule has 0 bridgehead atoms. The number of amides is 1. The van der Waals surface area contributed by atoms with E-state index in [0.29, 0.717) is 30.3 Å². The van der Waals surface area contributed by atoms with Gasteiger partial charge in [0, 0.05) is 24.4 Å². The summed E-state index contributed by atoms with van der Waals surface area (Å²) in [6.07, 6.45) is 1.67. The first-order chi connectivity index (χ1) is 13.1. The summed E-state index contributed by atoms with van der Waals surface area (Å²) in [6, 6.07) is 10.7. The molecular formula is C20H21N3O4. The number of hydrogen-bond acceptors (Lipinski definition) is 6. The van der Waals surface area contributed by atoms with Gasteiger partial charge in [0.1, 0.15) is 18.1 Å². The van der Waals surface area contributed by atoms with E-state index >= 15 is 0 Å². The minimum atomic E-state index is -0.186. The van der Waals surface area contributed by atoms with Gasteiger partial charge in [0.05, 0.1) is 18.4 Å². The van der Waals surface area contributed by atoms with Crippen molar-refractivity contribution in [1.29, 1.82) is 0 Å². The molecule has 7 heteroatoms. The molecule has 7 nitrogen and oxygen atoms in total. The van der Waals surface area contributed by atoms with Crippen LogP contribution in [0.3, 0.4) is 0 Å². The van der Waals surface area contributed by atoms with E-state index in [-0.39, 0.29) is 5.91 Å². The van der Waals surface area contributed by atoms with E-state index < -0.39 is 0 Å². The average Bonchev–Trinajstić information content (AvgIpc) is 3.02. The van der Waals surface area contributed by atoms with Crippen LogP contribution in [-0.4, -0.2) is 23.2 Å². The van der Waals surface area contributed by atoms with E-state index in [0.717, 1.165) is 22.6 Å². The molecule has 0 aliphatic heterocycles. The fraction of sp³-hybridized carbons (Fsp3) is 0.250. The van der Waals surface area contributed by atoms with Crippen molar-refractivity contribution >= 4 is 5.91 Å². The van der Waals surface area contributed by atoms with Crippen LogP contribution in [0.5, 0.6) is 11.6 Å². The molecule has 140 valence electrons. The van der Waals surface area contributed by atoms with Crippen LogP contribution in [0.15, 0.2) is 47.1 Å². The Balaban J connectivity index is 1.59. The number of aryl methyl sites for hydroxylation is 2. The van der Waals surface area contributed by atoms with Crippen LogP contribution < -0.4 is 14.8 Å². The fourth-order valence-electron chi connectivity index (χ4n) is 2.51. The third-order valence-electron chi connectivity index (χ3n) is 4.12. The molecule has 0 radical (unpaired) electrons. The van der Waals surface area contributed by atoms with Crippen LogP contribution in [-0.2, 0) is 13.2 Å². The molecule has 0 spiro atoms. The largest absolute Gasteiger partial charge is 0.489 e. The predicted molar refractivity (Wildman–Crippen MR) is 98.7 cm³/mol. The number of methoxy groups -OCH3 is 1. The highest BCUT2D eigenvalue weighted by molar-refractivity contribution is 5.94. The van der Waals surface area contributed by atoms with Gasteiger partial charge in [0.25, 0.3) is 5.91 Å². The van der Waals surface area contributed by atoms with Gasteiger partial charge in [-0.1, -0.05) is 17.3 Å². The Morgan fingerprint density at radius 1 is 1.22 bits per heavy atom. The van der Waals surface area contributed by atoms with Crippen LogP contribution in [0.25, 0.3) is 0 Å². The van der Waals surface area contributed by atoms with Gasteiger partial charge >= 0.3 is 0 Å². The molecule has 1 N–H and O–H groups in total. The maximum absolute atomic E-state index is 12.4. The zero-order valence-corrected chi connectivity index (χ0v) is 15.5. The number of rotatable bonds is 7. The topological polar surface area (TPSA) is 86.5 Å². The molecule has 1 amide bonds. The SMILES string of the molecule is COc1ccc(CNC(=O)c2cccc(OCc3c(C)noc3C)c2)cn1. The average molecular weight is 367 g/mol. The molecule has 0 saturated carbocycles. The highest BCUT2D eigenvalue weighted by atomic mass is 16.5. The fourth-order valence-corrected chi connectivity index (χ4v) is 2.51. The normalized spacial score (nSPS) is 10.5. The zero-order valence-electron chi connectivity index (χ0n) is 15.5. The Morgan fingerprint density at radius 2 is 2.07 bits per heavy atom. The smallest absolute Gasteiger partial charge is 0.251 e. The number of carbonyl (C=O) groups excluding carboxylic acids is 1. The van der Waals surface area contributed by atoms with Crippen molar-refractivity contribution in [2.45, 2.75) is 27.0 Å². The molecule has 1 aromatic carbocycles. The van der Waals surface area contributed by atoms with Gasteiger partial charge in [0.15, 0.2) is 0 Å². The summed E-state index contributed by atoms with van der Waals surface area (Å²) in [5, 5.41) is 6.77. The molecule has 2 aromatic heterocycles. The number of ether oxygens (including phenoxy) is 2. The first-order valence-electron chi connectivity index (χ1n) is 8.48. The molecule has 0 atom stereocenters. The van der Waals surface area contributed by atoms with Gasteiger partial charge < -0.3 is 19.3 Å². The van der Waals surface area contributed by atoms with E-state index in [1.54, 1.807) is 37.6 Å². The van der Waals surface area contributed by atoms with E-state index in [4.69, 9.17) is 14.0 Å². The van der Waals surface area contributed by atoms with Gasteiger partial charge in [-0.25, -0.2) is 4.98 Å². The number of carbonyl (C=O) groups is 1. The second kappa shape index (κ2) is 8.35. The summed E-state index contributed by atoms with van der Waals surface area (Å²) in [4.78, 5) is 16.5. The molecule has 3 rings (SSSR count). The Bertz CT molecular complexity index is 900. The van der Waals surface area contributed by atoms with Gasteiger partial charge in [-0.05, 0) is 37.6 Å². The number of pyridine rings is 1. The Labute approximate surface area is 157 Å². The number of aromatic nitrogens is 2. The Kier molecular flexibility index (Phi) is 5.71. The molecule has 27 heavy (non-hydrogen) atoms. The maximum Gasteiger partial charge on any atom is 0.251 e. The molecule has 0 unspecified atom stereocenters. The minimum absolute atomic E-state index is 0.186.